The lowest BCUT2D eigenvalue weighted by molar-refractivity contribution is 0.587. The van der Waals surface area contributed by atoms with Crippen LogP contribution in [-0.2, 0) is 16.3 Å². The van der Waals surface area contributed by atoms with Crippen LogP contribution in [0, 0.1) is 0 Å². The largest absolute Gasteiger partial charge is 0.228 e. The topological polar surface area (TPSA) is 34.1 Å². The lowest BCUT2D eigenvalue weighted by Crippen LogP contribution is -2.21. The van der Waals surface area contributed by atoms with E-state index in [0.717, 1.165) is 12.0 Å². The van der Waals surface area contributed by atoms with Gasteiger partial charge in [-0.15, -0.1) is 13.2 Å². The number of hydrogen-bond donors (Lipinski definition) is 0. The molecule has 0 heterocycles. The second-order valence-corrected chi connectivity index (χ2v) is 6.18. The molecular formula is C14H18O2S. The molecule has 1 unspecified atom stereocenters. The van der Waals surface area contributed by atoms with Crippen molar-refractivity contribution >= 4 is 9.84 Å². The molecule has 1 aromatic carbocycles. The van der Waals surface area contributed by atoms with E-state index in [4.69, 9.17) is 0 Å². The van der Waals surface area contributed by atoms with Crippen LogP contribution in [0.15, 0.2) is 55.6 Å². The van der Waals surface area contributed by atoms with E-state index in [-0.39, 0.29) is 5.75 Å². The van der Waals surface area contributed by atoms with Crippen molar-refractivity contribution in [1.82, 2.24) is 0 Å². The van der Waals surface area contributed by atoms with Crippen LogP contribution in [-0.4, -0.2) is 19.4 Å². The van der Waals surface area contributed by atoms with Crippen molar-refractivity contribution in [1.29, 1.82) is 0 Å². The Hall–Kier alpha value is -1.35. The summed E-state index contributed by atoms with van der Waals surface area (Å²) in [4.78, 5) is 0. The van der Waals surface area contributed by atoms with Crippen LogP contribution in [0.5, 0.6) is 0 Å². The van der Waals surface area contributed by atoms with Gasteiger partial charge in [0.2, 0.25) is 0 Å². The Bertz CT molecular complexity index is 460. The maximum Gasteiger partial charge on any atom is 0.160 e. The molecule has 1 atom stereocenters. The molecule has 0 aliphatic heterocycles. The third-order valence-corrected chi connectivity index (χ3v) is 4.69. The molecule has 0 aromatic heterocycles. The summed E-state index contributed by atoms with van der Waals surface area (Å²) in [6.07, 6.45) is 4.26. The van der Waals surface area contributed by atoms with Crippen LogP contribution in [0.1, 0.15) is 12.0 Å². The van der Waals surface area contributed by atoms with Crippen molar-refractivity contribution in [2.45, 2.75) is 18.1 Å². The number of benzene rings is 1. The monoisotopic (exact) mass is 250 g/mol. The van der Waals surface area contributed by atoms with Crippen molar-refractivity contribution in [3.05, 3.63) is 61.2 Å². The molecule has 1 aromatic rings. The van der Waals surface area contributed by atoms with Gasteiger partial charge in [-0.1, -0.05) is 42.5 Å². The van der Waals surface area contributed by atoms with Crippen molar-refractivity contribution in [3.8, 4) is 0 Å². The molecule has 0 saturated heterocycles. The fourth-order valence-electron chi connectivity index (χ4n) is 1.69. The van der Waals surface area contributed by atoms with Crippen molar-refractivity contribution in [2.75, 3.05) is 5.75 Å². The van der Waals surface area contributed by atoms with Gasteiger partial charge < -0.3 is 0 Å². The first-order chi connectivity index (χ1) is 8.10. The average Bonchev–Trinajstić information content (AvgIpc) is 2.30. The summed E-state index contributed by atoms with van der Waals surface area (Å²) in [5, 5.41) is -0.485. The Morgan fingerprint density at radius 1 is 1.18 bits per heavy atom. The Morgan fingerprint density at radius 3 is 2.35 bits per heavy atom. The summed E-state index contributed by atoms with van der Waals surface area (Å²) in [6.45, 7) is 7.08. The van der Waals surface area contributed by atoms with E-state index in [1.54, 1.807) is 0 Å². The van der Waals surface area contributed by atoms with Gasteiger partial charge in [-0.3, -0.25) is 0 Å². The molecule has 0 fully saturated rings. The Labute approximate surface area is 104 Å². The number of sulfone groups is 1. The minimum atomic E-state index is -3.13. The van der Waals surface area contributed by atoms with Crippen LogP contribution in [0.25, 0.3) is 0 Å². The van der Waals surface area contributed by atoms with Gasteiger partial charge in [0.25, 0.3) is 0 Å². The van der Waals surface area contributed by atoms with Gasteiger partial charge in [0.05, 0.1) is 11.0 Å². The minimum absolute atomic E-state index is 0.0124. The number of rotatable bonds is 7. The van der Waals surface area contributed by atoms with Crippen LogP contribution in [0.4, 0.5) is 0 Å². The van der Waals surface area contributed by atoms with Gasteiger partial charge in [-0.05, 0) is 18.4 Å². The lowest BCUT2D eigenvalue weighted by Gasteiger charge is -2.12. The molecule has 0 N–H and O–H groups in total. The fourth-order valence-corrected chi connectivity index (χ4v) is 3.03. The van der Waals surface area contributed by atoms with Gasteiger partial charge in [-0.2, -0.15) is 0 Å². The molecule has 0 aliphatic carbocycles. The van der Waals surface area contributed by atoms with E-state index < -0.39 is 15.1 Å². The van der Waals surface area contributed by atoms with E-state index in [1.165, 1.54) is 12.2 Å². The fraction of sp³-hybridized carbons (Fsp3) is 0.286. The SMILES string of the molecule is C=CCS(=O)(=O)C(C=C)CCc1ccccc1. The predicted molar refractivity (Wildman–Crippen MR) is 72.7 cm³/mol. The first-order valence-electron chi connectivity index (χ1n) is 5.59. The van der Waals surface area contributed by atoms with E-state index in [9.17, 15) is 8.42 Å². The summed E-state index contributed by atoms with van der Waals surface area (Å²) in [5.74, 6) is 0.0124. The smallest absolute Gasteiger partial charge is 0.160 e. The zero-order chi connectivity index (χ0) is 12.7. The molecule has 3 heteroatoms. The summed E-state index contributed by atoms with van der Waals surface area (Å²) in [7, 11) is -3.13. The van der Waals surface area contributed by atoms with Crippen molar-refractivity contribution < 1.29 is 8.42 Å². The number of hydrogen-bond acceptors (Lipinski definition) is 2. The van der Waals surface area contributed by atoms with Gasteiger partial charge >= 0.3 is 0 Å². The van der Waals surface area contributed by atoms with Crippen molar-refractivity contribution in [2.24, 2.45) is 0 Å². The molecule has 0 spiro atoms. The Kier molecular flexibility index (Phi) is 5.16. The van der Waals surface area contributed by atoms with Gasteiger partial charge in [-0.25, -0.2) is 8.42 Å². The van der Waals surface area contributed by atoms with Gasteiger partial charge in [0.1, 0.15) is 0 Å². The second-order valence-electron chi connectivity index (χ2n) is 3.92. The van der Waals surface area contributed by atoms with Gasteiger partial charge in [0, 0.05) is 0 Å². The molecule has 2 nitrogen and oxygen atoms in total. The normalized spacial score (nSPS) is 12.9. The Morgan fingerprint density at radius 2 is 1.82 bits per heavy atom. The standard InChI is InChI=1S/C14H18O2S/c1-3-12-17(15,16)14(4-2)11-10-13-8-6-5-7-9-13/h3-9,14H,1-2,10-12H2. The van der Waals surface area contributed by atoms with E-state index >= 15 is 0 Å². The highest BCUT2D eigenvalue weighted by atomic mass is 32.2. The highest BCUT2D eigenvalue weighted by Gasteiger charge is 2.20. The van der Waals surface area contributed by atoms with Crippen molar-refractivity contribution in [3.63, 3.8) is 0 Å². The zero-order valence-electron chi connectivity index (χ0n) is 9.88. The molecule has 0 amide bonds. The molecule has 0 bridgehead atoms. The molecule has 1 rings (SSSR count). The lowest BCUT2D eigenvalue weighted by atomic mass is 10.1. The third-order valence-electron chi connectivity index (χ3n) is 2.63. The summed E-state index contributed by atoms with van der Waals surface area (Å²) >= 11 is 0. The number of aryl methyl sites for hydroxylation is 1. The van der Waals surface area contributed by atoms with E-state index in [2.05, 4.69) is 13.2 Å². The zero-order valence-corrected chi connectivity index (χ0v) is 10.7. The highest BCUT2D eigenvalue weighted by Crippen LogP contribution is 2.13. The van der Waals surface area contributed by atoms with E-state index in [1.807, 2.05) is 30.3 Å². The van der Waals surface area contributed by atoms with Crippen LogP contribution >= 0.6 is 0 Å². The van der Waals surface area contributed by atoms with E-state index in [0.29, 0.717) is 6.42 Å². The second kappa shape index (κ2) is 6.40. The molecule has 0 saturated carbocycles. The van der Waals surface area contributed by atoms with Gasteiger partial charge in [0.15, 0.2) is 9.84 Å². The minimum Gasteiger partial charge on any atom is -0.228 e. The quantitative estimate of drug-likeness (QED) is 0.697. The first-order valence-corrected chi connectivity index (χ1v) is 7.30. The first kappa shape index (κ1) is 13.7. The van der Waals surface area contributed by atoms with Crippen LogP contribution in [0.3, 0.4) is 0 Å². The molecule has 92 valence electrons. The summed E-state index contributed by atoms with van der Waals surface area (Å²) < 4.78 is 23.7. The summed E-state index contributed by atoms with van der Waals surface area (Å²) in [5.41, 5.74) is 1.15. The third kappa shape index (κ3) is 4.19. The Balaban J connectivity index is 2.66. The van der Waals surface area contributed by atoms with Crippen LogP contribution < -0.4 is 0 Å². The molecule has 0 radical (unpaired) electrons. The molecule has 17 heavy (non-hydrogen) atoms. The molecular weight excluding hydrogens is 232 g/mol. The highest BCUT2D eigenvalue weighted by molar-refractivity contribution is 7.92. The molecule has 0 aliphatic rings. The average molecular weight is 250 g/mol. The summed E-state index contributed by atoms with van der Waals surface area (Å²) in [6, 6.07) is 9.86. The predicted octanol–water partition coefficient (Wildman–Crippen LogP) is 2.77. The maximum absolute atomic E-state index is 11.8. The van der Waals surface area contributed by atoms with Crippen LogP contribution in [0.2, 0.25) is 0 Å². The maximum atomic E-state index is 11.8.